The normalized spacial score (nSPS) is 18.2. The predicted molar refractivity (Wildman–Crippen MR) is 105 cm³/mol. The molecule has 0 bridgehead atoms. The Kier molecular flexibility index (Phi) is 6.05. The largest absolute Gasteiger partial charge is 0.351 e. The smallest absolute Gasteiger partial charge is 0.270 e. The fraction of sp³-hybridized carbons (Fsp3) is 0.421. The highest BCUT2D eigenvalue weighted by Gasteiger charge is 2.31. The molecule has 7 nitrogen and oxygen atoms in total. The van der Waals surface area contributed by atoms with Gasteiger partial charge in [-0.1, -0.05) is 30.3 Å². The second kappa shape index (κ2) is 8.47. The van der Waals surface area contributed by atoms with Crippen molar-refractivity contribution in [3.05, 3.63) is 53.9 Å². The molecule has 1 aromatic carbocycles. The summed E-state index contributed by atoms with van der Waals surface area (Å²) >= 11 is 0. The van der Waals surface area contributed by atoms with Gasteiger partial charge in [0.25, 0.3) is 5.91 Å². The molecule has 1 aliphatic rings. The summed E-state index contributed by atoms with van der Waals surface area (Å²) in [4.78, 5) is 22.6. The molecule has 1 aromatic heterocycles. The summed E-state index contributed by atoms with van der Waals surface area (Å²) < 4.78 is 23.3. The molecule has 2 heterocycles. The molecule has 1 unspecified atom stereocenters. The lowest BCUT2D eigenvalue weighted by atomic mass is 10.1. The van der Waals surface area contributed by atoms with Crippen LogP contribution in [0.25, 0.3) is 0 Å². The van der Waals surface area contributed by atoms with E-state index in [4.69, 9.17) is 0 Å². The summed E-state index contributed by atoms with van der Waals surface area (Å²) in [6.45, 7) is 0.559. The summed E-state index contributed by atoms with van der Waals surface area (Å²) in [7, 11) is -1.22. The van der Waals surface area contributed by atoms with Crippen LogP contribution in [0.15, 0.2) is 42.6 Å². The van der Waals surface area contributed by atoms with Crippen molar-refractivity contribution in [1.29, 1.82) is 0 Å². The Morgan fingerprint density at radius 1 is 1.26 bits per heavy atom. The minimum Gasteiger partial charge on any atom is -0.351 e. The fourth-order valence-electron chi connectivity index (χ4n) is 3.12. The highest BCUT2D eigenvalue weighted by Crippen LogP contribution is 2.20. The Balaban J connectivity index is 1.54. The van der Waals surface area contributed by atoms with Gasteiger partial charge < -0.3 is 10.2 Å². The van der Waals surface area contributed by atoms with Crippen molar-refractivity contribution in [3.8, 4) is 0 Å². The summed E-state index contributed by atoms with van der Waals surface area (Å²) in [6.07, 6.45) is 3.82. The average Bonchev–Trinajstić information content (AvgIpc) is 3.05. The van der Waals surface area contributed by atoms with Gasteiger partial charge in [-0.3, -0.25) is 4.79 Å². The SMILES string of the molecule is CN(c1nccc(C(=O)NCCCc2ccccc2)n1)C1CCS(=O)(=O)C1. The van der Waals surface area contributed by atoms with Crippen molar-refractivity contribution in [2.75, 3.05) is 30.0 Å². The van der Waals surface area contributed by atoms with Crippen LogP contribution >= 0.6 is 0 Å². The quantitative estimate of drug-likeness (QED) is 0.722. The van der Waals surface area contributed by atoms with Gasteiger partial charge in [-0.2, -0.15) is 0 Å². The topological polar surface area (TPSA) is 92.3 Å². The van der Waals surface area contributed by atoms with Gasteiger partial charge in [-0.25, -0.2) is 18.4 Å². The molecule has 3 rings (SSSR count). The average molecular weight is 388 g/mol. The number of hydrogen-bond acceptors (Lipinski definition) is 6. The highest BCUT2D eigenvalue weighted by atomic mass is 32.2. The van der Waals surface area contributed by atoms with E-state index in [1.54, 1.807) is 18.0 Å². The molecular formula is C19H24N4O3S. The van der Waals surface area contributed by atoms with Crippen LogP contribution in [-0.4, -0.2) is 55.4 Å². The molecular weight excluding hydrogens is 364 g/mol. The Morgan fingerprint density at radius 2 is 2.04 bits per heavy atom. The highest BCUT2D eigenvalue weighted by molar-refractivity contribution is 7.91. The first-order valence-corrected chi connectivity index (χ1v) is 10.9. The number of sulfone groups is 1. The van der Waals surface area contributed by atoms with Gasteiger partial charge in [0, 0.05) is 25.8 Å². The Bertz CT molecular complexity index is 887. The van der Waals surface area contributed by atoms with E-state index in [-0.39, 0.29) is 29.1 Å². The third-order valence-electron chi connectivity index (χ3n) is 4.72. The van der Waals surface area contributed by atoms with E-state index in [1.165, 1.54) is 11.8 Å². The van der Waals surface area contributed by atoms with E-state index in [0.29, 0.717) is 18.9 Å². The summed E-state index contributed by atoms with van der Waals surface area (Å²) in [5, 5.41) is 2.87. The lowest BCUT2D eigenvalue weighted by Crippen LogP contribution is -2.34. The summed E-state index contributed by atoms with van der Waals surface area (Å²) in [5.41, 5.74) is 1.52. The molecule has 0 spiro atoms. The molecule has 1 atom stereocenters. The lowest BCUT2D eigenvalue weighted by molar-refractivity contribution is 0.0948. The van der Waals surface area contributed by atoms with Crippen LogP contribution in [0.1, 0.15) is 28.9 Å². The van der Waals surface area contributed by atoms with E-state index in [2.05, 4.69) is 27.4 Å². The van der Waals surface area contributed by atoms with Gasteiger partial charge in [0.05, 0.1) is 11.5 Å². The molecule has 0 radical (unpaired) electrons. The van der Waals surface area contributed by atoms with Gasteiger partial charge in [0.2, 0.25) is 5.95 Å². The number of hydrogen-bond donors (Lipinski definition) is 1. The zero-order valence-corrected chi connectivity index (χ0v) is 16.2. The lowest BCUT2D eigenvalue weighted by Gasteiger charge is -2.23. The number of aryl methyl sites for hydroxylation is 1. The molecule has 1 N–H and O–H groups in total. The standard InChI is InChI=1S/C19H24N4O3S/c1-23(16-10-13-27(25,26)14-16)19-21-12-9-17(22-19)18(24)20-11-5-8-15-6-3-2-4-7-15/h2-4,6-7,9,12,16H,5,8,10-11,13-14H2,1H3,(H,20,24). The fourth-order valence-corrected chi connectivity index (χ4v) is 4.89. The monoisotopic (exact) mass is 388 g/mol. The van der Waals surface area contributed by atoms with Crippen LogP contribution in [0.5, 0.6) is 0 Å². The molecule has 27 heavy (non-hydrogen) atoms. The number of amides is 1. The van der Waals surface area contributed by atoms with Crippen molar-refractivity contribution in [2.24, 2.45) is 0 Å². The third-order valence-corrected chi connectivity index (χ3v) is 6.47. The minimum atomic E-state index is -2.99. The van der Waals surface area contributed by atoms with E-state index in [1.807, 2.05) is 18.2 Å². The number of carbonyl (C=O) groups excluding carboxylic acids is 1. The summed E-state index contributed by atoms with van der Waals surface area (Å²) in [6, 6.07) is 11.5. The van der Waals surface area contributed by atoms with Crippen LogP contribution in [-0.2, 0) is 16.3 Å². The number of aromatic nitrogens is 2. The van der Waals surface area contributed by atoms with E-state index < -0.39 is 9.84 Å². The maximum atomic E-state index is 12.3. The zero-order chi connectivity index (χ0) is 19.3. The number of benzene rings is 1. The molecule has 8 heteroatoms. The van der Waals surface area contributed by atoms with Crippen LogP contribution in [0, 0.1) is 0 Å². The minimum absolute atomic E-state index is 0.1000. The van der Waals surface area contributed by atoms with Crippen molar-refractivity contribution >= 4 is 21.7 Å². The van der Waals surface area contributed by atoms with Crippen molar-refractivity contribution in [2.45, 2.75) is 25.3 Å². The third kappa shape index (κ3) is 5.26. The number of nitrogens with zero attached hydrogens (tertiary/aromatic N) is 3. The maximum Gasteiger partial charge on any atom is 0.270 e. The summed E-state index contributed by atoms with van der Waals surface area (Å²) in [5.74, 6) is 0.403. The van der Waals surface area contributed by atoms with Gasteiger partial charge in [0.1, 0.15) is 5.69 Å². The first-order chi connectivity index (χ1) is 12.9. The Hall–Kier alpha value is -2.48. The second-order valence-electron chi connectivity index (χ2n) is 6.75. The first-order valence-electron chi connectivity index (χ1n) is 9.03. The number of nitrogens with one attached hydrogen (secondary N) is 1. The Morgan fingerprint density at radius 3 is 2.74 bits per heavy atom. The van der Waals surface area contributed by atoms with Crippen LogP contribution in [0.3, 0.4) is 0 Å². The van der Waals surface area contributed by atoms with E-state index in [9.17, 15) is 13.2 Å². The number of anilines is 1. The van der Waals surface area contributed by atoms with Crippen LogP contribution in [0.4, 0.5) is 5.95 Å². The Labute approximate surface area is 159 Å². The van der Waals surface area contributed by atoms with Crippen LogP contribution in [0.2, 0.25) is 0 Å². The predicted octanol–water partition coefficient (Wildman–Crippen LogP) is 1.46. The molecule has 1 aliphatic heterocycles. The van der Waals surface area contributed by atoms with Crippen molar-refractivity contribution in [1.82, 2.24) is 15.3 Å². The molecule has 1 fully saturated rings. The molecule has 1 amide bonds. The maximum absolute atomic E-state index is 12.3. The van der Waals surface area contributed by atoms with Crippen molar-refractivity contribution in [3.63, 3.8) is 0 Å². The second-order valence-corrected chi connectivity index (χ2v) is 8.98. The molecule has 0 saturated carbocycles. The van der Waals surface area contributed by atoms with Crippen LogP contribution < -0.4 is 10.2 Å². The molecule has 2 aromatic rings. The van der Waals surface area contributed by atoms with Crippen molar-refractivity contribution < 1.29 is 13.2 Å². The first kappa shape index (κ1) is 19.3. The number of carbonyl (C=O) groups is 1. The number of rotatable bonds is 7. The zero-order valence-electron chi connectivity index (χ0n) is 15.3. The molecule has 1 saturated heterocycles. The molecule has 144 valence electrons. The van der Waals surface area contributed by atoms with Gasteiger partial charge in [0.15, 0.2) is 9.84 Å². The van der Waals surface area contributed by atoms with E-state index >= 15 is 0 Å². The van der Waals surface area contributed by atoms with E-state index in [0.717, 1.165) is 12.8 Å². The van der Waals surface area contributed by atoms with Gasteiger partial charge in [-0.05, 0) is 30.9 Å². The van der Waals surface area contributed by atoms with Gasteiger partial charge >= 0.3 is 0 Å². The molecule has 0 aliphatic carbocycles. The van der Waals surface area contributed by atoms with Gasteiger partial charge in [-0.15, -0.1) is 0 Å².